The van der Waals surface area contributed by atoms with Gasteiger partial charge in [0.25, 0.3) is 0 Å². The van der Waals surface area contributed by atoms with Gasteiger partial charge in [-0.15, -0.1) is 8.78 Å². The van der Waals surface area contributed by atoms with Crippen LogP contribution in [-0.4, -0.2) is 18.5 Å². The molecule has 1 rings (SSSR count). The largest absolute Gasteiger partial charge is 0.495 e. The zero-order valence-corrected chi connectivity index (χ0v) is 4.58. The maximum Gasteiger partial charge on any atom is 0.495 e. The van der Waals surface area contributed by atoms with Gasteiger partial charge in [0.2, 0.25) is 0 Å². The maximum absolute atomic E-state index is 11.6. The fraction of sp³-hybridized carbons (Fsp3) is 1.00. The summed E-state index contributed by atoms with van der Waals surface area (Å²) in [5.74, 6) is 0. The molecule has 11 heavy (non-hydrogen) atoms. The first kappa shape index (κ1) is 8.60. The first-order valence-corrected chi connectivity index (χ1v) is 2.20. The highest BCUT2D eigenvalue weighted by Gasteiger charge is 2.75. The molecule has 1 fully saturated rings. The lowest BCUT2D eigenvalue weighted by Gasteiger charge is -2.11. The van der Waals surface area contributed by atoms with Crippen LogP contribution in [0.1, 0.15) is 0 Å². The monoisotopic (exact) mass is 182 g/mol. The highest BCUT2D eigenvalue weighted by atomic mass is 19.3. The van der Waals surface area contributed by atoms with E-state index in [1.54, 1.807) is 0 Å². The summed E-state index contributed by atoms with van der Waals surface area (Å²) in [5.41, 5.74) is 0. The summed E-state index contributed by atoms with van der Waals surface area (Å²) in [6.07, 6.45) is -15.5. The molecule has 0 saturated carbocycles. The number of ether oxygens (including phenoxy) is 2. The number of halogens is 6. The van der Waals surface area contributed by atoms with Crippen molar-refractivity contribution in [2.45, 2.75) is 18.5 Å². The molecule has 0 radical (unpaired) electrons. The zero-order valence-electron chi connectivity index (χ0n) is 4.58. The summed E-state index contributed by atoms with van der Waals surface area (Å²) < 4.78 is 74.2. The van der Waals surface area contributed by atoms with Crippen LogP contribution >= 0.6 is 0 Å². The van der Waals surface area contributed by atoms with Gasteiger partial charge in [0.15, 0.2) is 0 Å². The molecule has 0 spiro atoms. The molecule has 0 unspecified atom stereocenters. The summed E-state index contributed by atoms with van der Waals surface area (Å²) >= 11 is 0. The van der Waals surface area contributed by atoms with E-state index in [9.17, 15) is 26.3 Å². The Morgan fingerprint density at radius 3 is 1.00 bits per heavy atom. The Morgan fingerprint density at radius 2 is 0.909 bits per heavy atom. The lowest BCUT2D eigenvalue weighted by atomic mass is 10.6. The Morgan fingerprint density at radius 1 is 0.636 bits per heavy atom. The highest BCUT2D eigenvalue weighted by molar-refractivity contribution is 4.73. The fourth-order valence-electron chi connectivity index (χ4n) is 0.438. The molecule has 0 aromatic heterocycles. The molecule has 0 bridgehead atoms. The van der Waals surface area contributed by atoms with E-state index in [1.165, 1.54) is 0 Å². The number of rotatable bonds is 0. The second-order valence-corrected chi connectivity index (χ2v) is 1.70. The molecule has 2 nitrogen and oxygen atoms in total. The Kier molecular flexibility index (Phi) is 1.41. The van der Waals surface area contributed by atoms with Crippen LogP contribution in [-0.2, 0) is 9.47 Å². The smallest absolute Gasteiger partial charge is 0.222 e. The number of hydrogen-bond donors (Lipinski definition) is 0. The molecule has 0 amide bonds. The summed E-state index contributed by atoms with van der Waals surface area (Å²) in [5, 5.41) is 0. The van der Waals surface area contributed by atoms with Gasteiger partial charge < -0.3 is 0 Å². The van der Waals surface area contributed by atoms with Crippen LogP contribution in [0, 0.1) is 0 Å². The number of alkyl halides is 6. The average molecular weight is 182 g/mol. The van der Waals surface area contributed by atoms with E-state index >= 15 is 0 Å². The number of hydrogen-bond acceptors (Lipinski definition) is 2. The van der Waals surface area contributed by atoms with Gasteiger partial charge in [-0.3, -0.25) is 0 Å². The lowest BCUT2D eigenvalue weighted by molar-refractivity contribution is -0.389. The maximum atomic E-state index is 11.6. The predicted octanol–water partition coefficient (Wildman–Crippen LogP) is 1.77. The van der Waals surface area contributed by atoms with Crippen molar-refractivity contribution in [1.29, 1.82) is 0 Å². The van der Waals surface area contributed by atoms with E-state index in [0.717, 1.165) is 0 Å². The zero-order chi connectivity index (χ0) is 8.91. The molecular formula is C3F6O2. The van der Waals surface area contributed by atoms with Crippen molar-refractivity contribution < 1.29 is 35.8 Å². The molecule has 0 aliphatic carbocycles. The van der Waals surface area contributed by atoms with Crippen molar-refractivity contribution in [3.05, 3.63) is 0 Å². The average Bonchev–Trinajstić information content (AvgIpc) is 1.66. The van der Waals surface area contributed by atoms with Crippen LogP contribution < -0.4 is 0 Å². The molecule has 0 aromatic rings. The molecule has 0 N–H and O–H groups in total. The van der Waals surface area contributed by atoms with Crippen LogP contribution in [0.2, 0.25) is 0 Å². The molecule has 1 aliphatic heterocycles. The Balaban J connectivity index is 2.89. The molecule has 1 heterocycles. The fourth-order valence-corrected chi connectivity index (χ4v) is 0.438. The van der Waals surface area contributed by atoms with E-state index in [2.05, 4.69) is 9.47 Å². The quantitative estimate of drug-likeness (QED) is 0.531. The first-order valence-electron chi connectivity index (χ1n) is 2.20. The van der Waals surface area contributed by atoms with Gasteiger partial charge in [-0.1, -0.05) is 0 Å². The van der Waals surface area contributed by atoms with Crippen LogP contribution in [0.3, 0.4) is 0 Å². The molecule has 1 aliphatic rings. The van der Waals surface area contributed by atoms with Gasteiger partial charge in [-0.25, -0.2) is 9.47 Å². The highest BCUT2D eigenvalue weighted by Crippen LogP contribution is 2.49. The normalized spacial score (nSPS) is 32.2. The topological polar surface area (TPSA) is 18.5 Å². The molecular weight excluding hydrogens is 182 g/mol. The summed E-state index contributed by atoms with van der Waals surface area (Å²) in [4.78, 5) is 0. The third kappa shape index (κ3) is 1.27. The van der Waals surface area contributed by atoms with Gasteiger partial charge in [-0.2, -0.15) is 17.6 Å². The van der Waals surface area contributed by atoms with E-state index in [4.69, 9.17) is 0 Å². The van der Waals surface area contributed by atoms with E-state index in [0.29, 0.717) is 0 Å². The SMILES string of the molecule is FC1(F)OC(F)(F)C(F)(F)O1. The van der Waals surface area contributed by atoms with Gasteiger partial charge in [0.05, 0.1) is 0 Å². The van der Waals surface area contributed by atoms with Crippen molar-refractivity contribution in [2.24, 2.45) is 0 Å². The summed E-state index contributed by atoms with van der Waals surface area (Å²) in [6, 6.07) is 0. The molecule has 66 valence electrons. The minimum Gasteiger partial charge on any atom is -0.222 e. The Bertz CT molecular complexity index is 159. The Labute approximate surface area is 55.7 Å². The second-order valence-electron chi connectivity index (χ2n) is 1.70. The third-order valence-electron chi connectivity index (χ3n) is 0.833. The van der Waals surface area contributed by atoms with Crippen molar-refractivity contribution in [2.75, 3.05) is 0 Å². The van der Waals surface area contributed by atoms with Crippen molar-refractivity contribution in [1.82, 2.24) is 0 Å². The van der Waals surface area contributed by atoms with Gasteiger partial charge >= 0.3 is 18.5 Å². The molecule has 1 saturated heterocycles. The van der Waals surface area contributed by atoms with E-state index in [-0.39, 0.29) is 0 Å². The summed E-state index contributed by atoms with van der Waals surface area (Å²) in [6.45, 7) is 0. The first-order chi connectivity index (χ1) is 4.66. The van der Waals surface area contributed by atoms with E-state index < -0.39 is 18.5 Å². The van der Waals surface area contributed by atoms with Gasteiger partial charge in [0, 0.05) is 0 Å². The molecule has 8 heteroatoms. The third-order valence-corrected chi connectivity index (χ3v) is 0.833. The summed E-state index contributed by atoms with van der Waals surface area (Å²) in [7, 11) is 0. The van der Waals surface area contributed by atoms with Crippen molar-refractivity contribution >= 4 is 0 Å². The van der Waals surface area contributed by atoms with Crippen molar-refractivity contribution in [3.8, 4) is 0 Å². The van der Waals surface area contributed by atoms with Gasteiger partial charge in [0.1, 0.15) is 0 Å². The predicted molar refractivity (Wildman–Crippen MR) is 17.0 cm³/mol. The van der Waals surface area contributed by atoms with Crippen LogP contribution in [0.15, 0.2) is 0 Å². The second kappa shape index (κ2) is 1.81. The van der Waals surface area contributed by atoms with Crippen LogP contribution in [0.4, 0.5) is 26.3 Å². The Hall–Kier alpha value is -0.500. The minimum absolute atomic E-state index is 2.31. The minimum atomic E-state index is -5.28. The van der Waals surface area contributed by atoms with Gasteiger partial charge in [-0.05, 0) is 0 Å². The molecule has 0 aromatic carbocycles. The van der Waals surface area contributed by atoms with Crippen LogP contribution in [0.25, 0.3) is 0 Å². The van der Waals surface area contributed by atoms with Crippen LogP contribution in [0.5, 0.6) is 0 Å². The van der Waals surface area contributed by atoms with E-state index in [1.807, 2.05) is 0 Å². The van der Waals surface area contributed by atoms with Crippen molar-refractivity contribution in [3.63, 3.8) is 0 Å². The lowest BCUT2D eigenvalue weighted by Crippen LogP contribution is -2.36. The molecule has 0 atom stereocenters. The standard InChI is InChI=1S/C3F6O2/c4-1(5)2(6,7)11-3(8,9)10-1.